The molecule has 1 heterocycles. The van der Waals surface area contributed by atoms with Crippen LogP contribution in [-0.2, 0) is 0 Å². The highest BCUT2D eigenvalue weighted by atomic mass is 79.9. The summed E-state index contributed by atoms with van der Waals surface area (Å²) in [6, 6.07) is 13.1. The monoisotopic (exact) mass is 395 g/mol. The summed E-state index contributed by atoms with van der Waals surface area (Å²) >= 11 is 6.84. The zero-order valence-electron chi connectivity index (χ0n) is 10.5. The molecular formula is C15H11Br2NO2. The van der Waals surface area contributed by atoms with Gasteiger partial charge in [0, 0.05) is 8.95 Å². The molecule has 20 heavy (non-hydrogen) atoms. The van der Waals surface area contributed by atoms with Crippen molar-refractivity contribution in [3.8, 4) is 5.75 Å². The zero-order valence-corrected chi connectivity index (χ0v) is 13.6. The van der Waals surface area contributed by atoms with Gasteiger partial charge in [0.05, 0.1) is 17.8 Å². The molecule has 3 rings (SSSR count). The van der Waals surface area contributed by atoms with E-state index < -0.39 is 0 Å². The molecule has 0 aliphatic carbocycles. The number of carbonyl (C=O) groups excluding carboxylic acids is 1. The topological polar surface area (TPSA) is 29.5 Å². The molecule has 0 bridgehead atoms. The number of amides is 1. The van der Waals surface area contributed by atoms with Crippen molar-refractivity contribution in [1.82, 2.24) is 0 Å². The summed E-state index contributed by atoms with van der Waals surface area (Å²) in [5.74, 6) is 0.723. The van der Waals surface area contributed by atoms with Crippen LogP contribution in [0.15, 0.2) is 51.4 Å². The van der Waals surface area contributed by atoms with Crippen LogP contribution in [0.25, 0.3) is 0 Å². The molecule has 0 aromatic heterocycles. The van der Waals surface area contributed by atoms with E-state index in [1.807, 2.05) is 42.5 Å². The van der Waals surface area contributed by atoms with Crippen LogP contribution in [0.4, 0.5) is 5.69 Å². The molecule has 1 aliphatic heterocycles. The highest BCUT2D eigenvalue weighted by Crippen LogP contribution is 2.33. The fourth-order valence-electron chi connectivity index (χ4n) is 2.19. The van der Waals surface area contributed by atoms with Crippen LogP contribution in [0.2, 0.25) is 0 Å². The molecule has 0 saturated carbocycles. The summed E-state index contributed by atoms with van der Waals surface area (Å²) in [6.07, 6.45) is 0. The van der Waals surface area contributed by atoms with E-state index in [0.29, 0.717) is 18.7 Å². The van der Waals surface area contributed by atoms with Crippen LogP contribution in [-0.4, -0.2) is 19.1 Å². The molecule has 0 atom stereocenters. The smallest absolute Gasteiger partial charge is 0.259 e. The number of ether oxygens (including phenoxy) is 1. The number of para-hydroxylation sites is 2. The van der Waals surface area contributed by atoms with E-state index in [-0.39, 0.29) is 5.91 Å². The predicted octanol–water partition coefficient (Wildman–Crippen LogP) is 4.25. The molecular weight excluding hydrogens is 386 g/mol. The van der Waals surface area contributed by atoms with Gasteiger partial charge in [-0.3, -0.25) is 4.79 Å². The van der Waals surface area contributed by atoms with E-state index in [0.717, 1.165) is 20.4 Å². The summed E-state index contributed by atoms with van der Waals surface area (Å²) in [5.41, 5.74) is 1.46. The van der Waals surface area contributed by atoms with Gasteiger partial charge in [0.25, 0.3) is 5.91 Å². The van der Waals surface area contributed by atoms with Gasteiger partial charge in [-0.2, -0.15) is 0 Å². The standard InChI is InChI=1S/C15H11Br2NO2/c16-10-5-6-11(12(17)9-10)15(19)18-7-8-20-14-4-2-1-3-13(14)18/h1-6,9H,7-8H2. The van der Waals surface area contributed by atoms with Crippen molar-refractivity contribution in [2.45, 2.75) is 0 Å². The minimum Gasteiger partial charge on any atom is -0.490 e. The van der Waals surface area contributed by atoms with Gasteiger partial charge in [-0.25, -0.2) is 0 Å². The molecule has 0 spiro atoms. The Hall–Kier alpha value is -1.33. The number of benzene rings is 2. The Morgan fingerprint density at radius 3 is 2.75 bits per heavy atom. The number of halogens is 2. The van der Waals surface area contributed by atoms with Crippen molar-refractivity contribution >= 4 is 43.5 Å². The van der Waals surface area contributed by atoms with E-state index in [4.69, 9.17) is 4.74 Å². The van der Waals surface area contributed by atoms with Crippen LogP contribution in [0.3, 0.4) is 0 Å². The van der Waals surface area contributed by atoms with Crippen LogP contribution < -0.4 is 9.64 Å². The van der Waals surface area contributed by atoms with Gasteiger partial charge < -0.3 is 9.64 Å². The average Bonchev–Trinajstić information content (AvgIpc) is 2.46. The van der Waals surface area contributed by atoms with E-state index in [1.54, 1.807) is 4.90 Å². The maximum absolute atomic E-state index is 12.7. The number of rotatable bonds is 1. The van der Waals surface area contributed by atoms with E-state index in [9.17, 15) is 4.79 Å². The summed E-state index contributed by atoms with van der Waals surface area (Å²) in [4.78, 5) is 14.5. The van der Waals surface area contributed by atoms with Gasteiger partial charge in [0.15, 0.2) is 0 Å². The number of carbonyl (C=O) groups is 1. The third-order valence-corrected chi connectivity index (χ3v) is 4.28. The Labute approximate surface area is 133 Å². The maximum Gasteiger partial charge on any atom is 0.259 e. The third-order valence-electron chi connectivity index (χ3n) is 3.14. The van der Waals surface area contributed by atoms with Crippen molar-refractivity contribution in [2.75, 3.05) is 18.1 Å². The second-order valence-electron chi connectivity index (χ2n) is 4.40. The minimum atomic E-state index is -0.0277. The first-order chi connectivity index (χ1) is 9.66. The molecule has 102 valence electrons. The van der Waals surface area contributed by atoms with Crippen molar-refractivity contribution < 1.29 is 9.53 Å². The molecule has 0 unspecified atom stereocenters. The summed E-state index contributed by atoms with van der Waals surface area (Å²) in [6.45, 7) is 1.06. The molecule has 3 nitrogen and oxygen atoms in total. The largest absolute Gasteiger partial charge is 0.490 e. The Kier molecular flexibility index (Phi) is 3.81. The molecule has 0 radical (unpaired) electrons. The summed E-state index contributed by atoms with van der Waals surface area (Å²) in [7, 11) is 0. The second kappa shape index (κ2) is 5.58. The Morgan fingerprint density at radius 2 is 1.95 bits per heavy atom. The summed E-state index contributed by atoms with van der Waals surface area (Å²) in [5, 5.41) is 0. The Morgan fingerprint density at radius 1 is 1.15 bits per heavy atom. The van der Waals surface area contributed by atoms with E-state index >= 15 is 0 Å². The van der Waals surface area contributed by atoms with Gasteiger partial charge in [-0.05, 0) is 46.3 Å². The minimum absolute atomic E-state index is 0.0277. The van der Waals surface area contributed by atoms with Crippen molar-refractivity contribution in [3.05, 3.63) is 57.0 Å². The molecule has 1 aliphatic rings. The highest BCUT2D eigenvalue weighted by Gasteiger charge is 2.25. The number of hydrogen-bond donors (Lipinski definition) is 0. The van der Waals surface area contributed by atoms with Gasteiger partial charge in [-0.15, -0.1) is 0 Å². The van der Waals surface area contributed by atoms with Gasteiger partial charge >= 0.3 is 0 Å². The normalized spacial score (nSPS) is 13.6. The molecule has 2 aromatic carbocycles. The van der Waals surface area contributed by atoms with Crippen molar-refractivity contribution in [1.29, 1.82) is 0 Å². The van der Waals surface area contributed by atoms with E-state index in [1.165, 1.54) is 0 Å². The number of nitrogens with zero attached hydrogens (tertiary/aromatic N) is 1. The molecule has 0 fully saturated rings. The lowest BCUT2D eigenvalue weighted by molar-refractivity contribution is 0.0976. The SMILES string of the molecule is O=C(c1ccc(Br)cc1Br)N1CCOc2ccccc21. The number of hydrogen-bond acceptors (Lipinski definition) is 2. The first-order valence-corrected chi connectivity index (χ1v) is 7.74. The zero-order chi connectivity index (χ0) is 14.1. The fourth-order valence-corrected chi connectivity index (χ4v) is 3.41. The van der Waals surface area contributed by atoms with Gasteiger partial charge in [-0.1, -0.05) is 28.1 Å². The summed E-state index contributed by atoms with van der Waals surface area (Å²) < 4.78 is 7.29. The van der Waals surface area contributed by atoms with Crippen molar-refractivity contribution in [2.24, 2.45) is 0 Å². The number of anilines is 1. The van der Waals surface area contributed by atoms with Crippen LogP contribution in [0, 0.1) is 0 Å². The Balaban J connectivity index is 2.00. The quantitative estimate of drug-likeness (QED) is 0.721. The Bertz CT molecular complexity index is 673. The second-order valence-corrected chi connectivity index (χ2v) is 6.17. The third kappa shape index (κ3) is 2.47. The van der Waals surface area contributed by atoms with Gasteiger partial charge in [0.2, 0.25) is 0 Å². The first-order valence-electron chi connectivity index (χ1n) is 6.15. The van der Waals surface area contributed by atoms with Crippen LogP contribution in [0.1, 0.15) is 10.4 Å². The molecule has 2 aromatic rings. The highest BCUT2D eigenvalue weighted by molar-refractivity contribution is 9.11. The molecule has 0 saturated heterocycles. The lowest BCUT2D eigenvalue weighted by Gasteiger charge is -2.29. The van der Waals surface area contributed by atoms with E-state index in [2.05, 4.69) is 31.9 Å². The molecule has 0 N–H and O–H groups in total. The predicted molar refractivity (Wildman–Crippen MR) is 85.5 cm³/mol. The lowest BCUT2D eigenvalue weighted by atomic mass is 10.1. The molecule has 1 amide bonds. The average molecular weight is 397 g/mol. The van der Waals surface area contributed by atoms with Crippen LogP contribution in [0.5, 0.6) is 5.75 Å². The lowest BCUT2D eigenvalue weighted by Crippen LogP contribution is -2.38. The molecule has 5 heteroatoms. The number of fused-ring (bicyclic) bond motifs is 1. The maximum atomic E-state index is 12.7. The van der Waals surface area contributed by atoms with Crippen LogP contribution >= 0.6 is 31.9 Å². The van der Waals surface area contributed by atoms with Gasteiger partial charge in [0.1, 0.15) is 12.4 Å². The fraction of sp³-hybridized carbons (Fsp3) is 0.133. The first kappa shape index (κ1) is 13.6. The van der Waals surface area contributed by atoms with Crippen molar-refractivity contribution in [3.63, 3.8) is 0 Å².